The highest BCUT2D eigenvalue weighted by molar-refractivity contribution is 6.11. The number of carbonyl (C=O) groups excluding carboxylic acids is 6. The van der Waals surface area contributed by atoms with Crippen LogP contribution in [0.25, 0.3) is 43.6 Å². The summed E-state index contributed by atoms with van der Waals surface area (Å²) >= 11 is 0. The van der Waals surface area contributed by atoms with Crippen molar-refractivity contribution in [2.24, 2.45) is 31.8 Å². The van der Waals surface area contributed by atoms with Crippen molar-refractivity contribution < 1.29 is 38.2 Å². The molecule has 5 aromatic heterocycles. The molecule has 584 valence electrons. The van der Waals surface area contributed by atoms with E-state index in [1.165, 1.54) is 87.7 Å². The Morgan fingerprint density at radius 3 is 1.79 bits per heavy atom. The van der Waals surface area contributed by atoms with Gasteiger partial charge in [-0.05, 0) is 178 Å². The van der Waals surface area contributed by atoms with E-state index in [0.717, 1.165) is 157 Å². The summed E-state index contributed by atoms with van der Waals surface area (Å²) in [6.45, 7) is 7.88. The monoisotopic (exact) mass is 1510 g/mol. The van der Waals surface area contributed by atoms with E-state index in [2.05, 4.69) is 110 Å². The van der Waals surface area contributed by atoms with Crippen molar-refractivity contribution in [1.82, 2.24) is 63.7 Å². The zero-order chi connectivity index (χ0) is 76.6. The molecule has 112 heavy (non-hydrogen) atoms. The molecule has 2 amide bonds. The molecule has 0 saturated carbocycles. The van der Waals surface area contributed by atoms with Crippen LogP contribution in [0.5, 0.6) is 0 Å². The van der Waals surface area contributed by atoms with Crippen LogP contribution in [-0.4, -0.2) is 201 Å². The summed E-state index contributed by atoms with van der Waals surface area (Å²) in [5.74, 6) is 3.12. The third-order valence-electron chi connectivity index (χ3n) is 28.2. The first-order chi connectivity index (χ1) is 54.5. The molecule has 0 radical (unpaired) electrons. The number of para-hydroxylation sites is 4. The molecule has 11 saturated heterocycles. The topological polar surface area (TPSA) is 221 Å². The minimum absolute atomic E-state index is 0.0329. The van der Waals surface area contributed by atoms with Gasteiger partial charge in [0.2, 0.25) is 0 Å². The van der Waals surface area contributed by atoms with Crippen molar-refractivity contribution in [3.63, 3.8) is 0 Å². The first kappa shape index (κ1) is 73.9. The van der Waals surface area contributed by atoms with Gasteiger partial charge in [-0.15, -0.1) is 0 Å². The van der Waals surface area contributed by atoms with Crippen molar-refractivity contribution in [2.45, 2.75) is 208 Å². The molecule has 11 fully saturated rings. The fraction of sp³-hybridized carbons (Fsp3) is 0.495. The van der Waals surface area contributed by atoms with E-state index in [0.29, 0.717) is 83.3 Å². The van der Waals surface area contributed by atoms with Crippen LogP contribution >= 0.6 is 0 Å². The number of fused-ring (bicyclic) bond motifs is 14. The number of imidazole rings is 1. The Kier molecular flexibility index (Phi) is 20.5. The maximum Gasteiger partial charge on any atom is 0.340 e. The van der Waals surface area contributed by atoms with Gasteiger partial charge in [0.25, 0.3) is 11.8 Å². The highest BCUT2D eigenvalue weighted by atomic mass is 16.5. The fourth-order valence-electron chi connectivity index (χ4n) is 22.2. The van der Waals surface area contributed by atoms with Gasteiger partial charge in [0.05, 0.1) is 23.2 Å². The molecule has 5 aromatic carbocycles. The fourth-order valence-corrected chi connectivity index (χ4v) is 22.2. The smallest absolute Gasteiger partial charge is 0.340 e. The second kappa shape index (κ2) is 31.1. The Morgan fingerprint density at radius 1 is 0.580 bits per heavy atom. The summed E-state index contributed by atoms with van der Waals surface area (Å²) in [6.07, 6.45) is 29.4. The number of hydrogen-bond donors (Lipinski definition) is 3. The maximum absolute atomic E-state index is 13.1. The van der Waals surface area contributed by atoms with Crippen LogP contribution in [0.4, 0.5) is 0 Å². The molecule has 21 heteroatoms. The maximum atomic E-state index is 13.1. The Morgan fingerprint density at radius 2 is 1.18 bits per heavy atom. The number of aromatic nitrogens is 7. The molecule has 2 aliphatic carbocycles. The summed E-state index contributed by atoms with van der Waals surface area (Å²) in [6, 6.07) is 42.1. The first-order valence-electron chi connectivity index (χ1n) is 41.7. The van der Waals surface area contributed by atoms with Crippen LogP contribution < -0.4 is 5.32 Å². The van der Waals surface area contributed by atoms with Crippen molar-refractivity contribution in [2.75, 3.05) is 46.8 Å². The third kappa shape index (κ3) is 14.2. The minimum Gasteiger partial charge on any atom is -0.459 e. The number of aromatic amines is 2. The molecule has 10 aromatic rings. The lowest BCUT2D eigenvalue weighted by atomic mass is 9.72. The van der Waals surface area contributed by atoms with Crippen molar-refractivity contribution in [3.05, 3.63) is 191 Å². The van der Waals surface area contributed by atoms with Crippen LogP contribution in [0.15, 0.2) is 140 Å². The van der Waals surface area contributed by atoms with E-state index in [9.17, 15) is 28.8 Å². The lowest BCUT2D eigenvalue weighted by molar-refractivity contribution is -0.145. The standard InChI is InChI=1S/C19H20N2O3.C19H24N2O.C18H24N4O.C18H19N3O.C17H20N2O2/c22-18-10-21-12-5-11(18)6-13(21)8-14(7-12)24-19(23)16-9-20-17-4-2-1-3-15(16)17;22-19-16-6-2-4-14-3-1-5-15(18(14)16)11-21(19)17-12-20-9-7-13(17)8-10-20;1-21-13-6-5-7-14(21)11-12(10-13)19-18(23)17-15-8-3-4-9-16(15)22(2)20-17;1-12-19-9-10-21(12)11-13-7-8-16-17(18(13)22)14-5-3-4-6-15(14)20(16)2;1-19-11-6-7-12(19)9-13(8-11)21-17(20)15-10-18-16-5-3-2-4-14(15)16/h1-4,9,11-14,20H,5-8,10H2;2,4,6,13,15,17H,1,3,5,7-12H2;3-4,8-9,12-14H,5-7,10-11H2,1-2H3,(H,19,23);3-6,9-10,13H,7-8,11H2,1-2H3;2-5,10-13,18H,6-9H2,1H3/t;15-,17-;12?,13-,14+;;11-,12+,13?/m.0.../s1. The number of aryl methyl sites for hydroxylation is 4. The molecule has 14 aliphatic rings. The summed E-state index contributed by atoms with van der Waals surface area (Å²) in [7, 11) is 8.38. The minimum atomic E-state index is -0.242. The number of benzene rings is 5. The van der Waals surface area contributed by atoms with Gasteiger partial charge in [-0.25, -0.2) is 14.6 Å². The normalized spacial score (nSPS) is 29.2. The molecular weight excluding hydrogens is 1400 g/mol. The van der Waals surface area contributed by atoms with Gasteiger partial charge in [-0.3, -0.25) is 28.8 Å². The summed E-state index contributed by atoms with van der Waals surface area (Å²) in [4.78, 5) is 98.5. The molecule has 17 heterocycles. The van der Waals surface area contributed by atoms with Crippen molar-refractivity contribution in [1.29, 1.82) is 0 Å². The number of carbonyl (C=O) groups is 6. The van der Waals surface area contributed by atoms with Gasteiger partial charge in [-0.1, -0.05) is 91.3 Å². The van der Waals surface area contributed by atoms with Gasteiger partial charge in [0, 0.05) is 205 Å². The Balaban J connectivity index is 0.0000000978. The number of piperidine rings is 10. The Hall–Kier alpha value is -9.54. The van der Waals surface area contributed by atoms with Gasteiger partial charge < -0.3 is 53.5 Å². The number of amides is 2. The second-order valence-electron chi connectivity index (χ2n) is 34.4. The predicted molar refractivity (Wildman–Crippen MR) is 433 cm³/mol. The molecule has 5 unspecified atom stereocenters. The average Bonchev–Trinajstić information content (AvgIpc) is 1.71. The van der Waals surface area contributed by atoms with E-state index in [1.54, 1.807) is 23.3 Å². The molecule has 11 atom stereocenters. The number of rotatable bonds is 9. The van der Waals surface area contributed by atoms with E-state index in [1.807, 2.05) is 105 Å². The van der Waals surface area contributed by atoms with E-state index < -0.39 is 0 Å². The van der Waals surface area contributed by atoms with Crippen LogP contribution in [0, 0.1) is 24.7 Å². The lowest BCUT2D eigenvalue weighted by Crippen LogP contribution is -2.63. The highest BCUT2D eigenvalue weighted by Gasteiger charge is 2.50. The van der Waals surface area contributed by atoms with Crippen LogP contribution in [0.3, 0.4) is 0 Å². The third-order valence-corrected chi connectivity index (χ3v) is 28.2. The SMILES string of the molecule is CN1[C@@H]2CCC[C@H]1CC(NC(=O)c1nn(C)c3ccccc13)C2.CN1[C@@H]2CC[C@H]1CC(OC(=O)c1c[nH]c3ccccc13)C2.Cc1nccn1CC1CCc2c(c3ccccc3n2C)C1=O.O=C(OC1CC2CC3CC(C1)N2CC3=O)c1c[nH]c2ccccc12.O=C1c2cccc3c2[C@@H](CCC3)CN1[C@H]1CN2CCC1CC2. The molecule has 12 aliphatic heterocycles. The van der Waals surface area contributed by atoms with Crippen LogP contribution in [0.1, 0.15) is 196 Å². The number of nitrogens with zero attached hydrogens (tertiary/aromatic N) is 10. The molecule has 3 N–H and O–H groups in total. The largest absolute Gasteiger partial charge is 0.459 e. The number of nitrogens with one attached hydrogen (secondary N) is 3. The van der Waals surface area contributed by atoms with Crippen LogP contribution in [-0.2, 0) is 47.8 Å². The van der Waals surface area contributed by atoms with Crippen molar-refractivity contribution >= 4 is 78.9 Å². The number of Topliss-reactive ketones (excluding diaryl/α,β-unsaturated/α-hetero) is 2. The Labute approximate surface area is 655 Å². The number of hydrogen-bond acceptors (Lipinski definition) is 14. The quantitative estimate of drug-likeness (QED) is 0.114. The first-order valence-corrected chi connectivity index (χ1v) is 41.7. The second-order valence-corrected chi connectivity index (χ2v) is 34.4. The number of esters is 2. The van der Waals surface area contributed by atoms with E-state index >= 15 is 0 Å². The lowest BCUT2D eigenvalue weighted by Gasteiger charge is -2.54. The van der Waals surface area contributed by atoms with E-state index in [4.69, 9.17) is 9.47 Å². The molecule has 24 rings (SSSR count). The van der Waals surface area contributed by atoms with Crippen molar-refractivity contribution in [3.8, 4) is 0 Å². The van der Waals surface area contributed by atoms with Gasteiger partial charge in [-0.2, -0.15) is 5.10 Å². The molecule has 0 spiro atoms. The Bertz CT molecular complexity index is 5170. The molecular formula is C91H107N13O8. The highest BCUT2D eigenvalue weighted by Crippen LogP contribution is 2.45. The summed E-state index contributed by atoms with van der Waals surface area (Å²) in [5.41, 5.74) is 11.9. The molecule has 21 nitrogen and oxygen atoms in total. The van der Waals surface area contributed by atoms with Gasteiger partial charge >= 0.3 is 11.9 Å². The number of H-pyrrole nitrogens is 2. The summed E-state index contributed by atoms with van der Waals surface area (Å²) < 4.78 is 17.7. The van der Waals surface area contributed by atoms with Crippen LogP contribution in [0.2, 0.25) is 0 Å². The predicted octanol–water partition coefficient (Wildman–Crippen LogP) is 13.6. The molecule has 10 bridgehead atoms. The zero-order valence-corrected chi connectivity index (χ0v) is 65.5. The van der Waals surface area contributed by atoms with Gasteiger partial charge in [0.1, 0.15) is 23.8 Å². The summed E-state index contributed by atoms with van der Waals surface area (Å²) in [5, 5.41) is 11.6. The number of ketones is 2. The van der Waals surface area contributed by atoms with Gasteiger partial charge in [0.15, 0.2) is 11.5 Å². The zero-order valence-electron chi connectivity index (χ0n) is 65.5. The van der Waals surface area contributed by atoms with E-state index in [-0.39, 0.29) is 53.7 Å². The average molecular weight is 1510 g/mol. The number of ether oxygens (including phenoxy) is 2.